The largest absolute Gasteiger partial charge is 0.462 e. The van der Waals surface area contributed by atoms with Crippen LogP contribution in [-0.2, 0) is 9.53 Å². The van der Waals surface area contributed by atoms with Crippen LogP contribution in [0.3, 0.4) is 0 Å². The van der Waals surface area contributed by atoms with Gasteiger partial charge in [-0.25, -0.2) is 4.79 Å². The quantitative estimate of drug-likeness (QED) is 0.152. The number of ether oxygens (including phenoxy) is 1. The molecule has 0 fully saturated rings. The van der Waals surface area contributed by atoms with E-state index in [1.165, 1.54) is 23.2 Å². The molecule has 0 heterocycles. The number of hydrogen-bond acceptors (Lipinski definition) is 6. The highest BCUT2D eigenvalue weighted by Gasteiger charge is 2.25. The summed E-state index contributed by atoms with van der Waals surface area (Å²) in [6.07, 6.45) is 1.29. The van der Waals surface area contributed by atoms with Crippen molar-refractivity contribution in [3.63, 3.8) is 0 Å². The maximum atomic E-state index is 12.5. The van der Waals surface area contributed by atoms with E-state index in [-0.39, 0.29) is 28.5 Å². The van der Waals surface area contributed by atoms with Crippen LogP contribution in [0, 0.1) is 10.1 Å². The molecule has 0 bridgehead atoms. The summed E-state index contributed by atoms with van der Waals surface area (Å²) in [5, 5.41) is 10.8. The Bertz CT molecular complexity index is 640. The number of benzene rings is 1. The molecular formula is C14H15ClN2O5. The Kier molecular flexibility index (Phi) is 6.06. The summed E-state index contributed by atoms with van der Waals surface area (Å²) in [4.78, 5) is 36.1. The highest BCUT2D eigenvalue weighted by atomic mass is 35.5. The Morgan fingerprint density at radius 3 is 2.55 bits per heavy atom. The van der Waals surface area contributed by atoms with Crippen LogP contribution in [0.5, 0.6) is 0 Å². The number of hydrogen-bond donors (Lipinski definition) is 0. The van der Waals surface area contributed by atoms with Gasteiger partial charge in [-0.3, -0.25) is 14.9 Å². The molecule has 0 aliphatic carbocycles. The van der Waals surface area contributed by atoms with Gasteiger partial charge < -0.3 is 9.64 Å². The normalized spacial score (nSPS) is 11.0. The standard InChI is InChI=1S/C14H15ClN2O5/c1-4-22-14(19)11(8-16(2)3)13(18)10-7-9(17(20)21)5-6-12(10)15/h5-8H,4H2,1-3H3. The van der Waals surface area contributed by atoms with Gasteiger partial charge in [-0.1, -0.05) is 11.6 Å². The lowest BCUT2D eigenvalue weighted by Gasteiger charge is -2.11. The molecule has 0 aliphatic heterocycles. The van der Waals surface area contributed by atoms with E-state index in [1.807, 2.05) is 0 Å². The molecule has 0 spiro atoms. The SMILES string of the molecule is CCOC(=O)C(=CN(C)C)C(=O)c1cc([N+](=O)[O-])ccc1Cl. The van der Waals surface area contributed by atoms with Crippen molar-refractivity contribution < 1.29 is 19.2 Å². The van der Waals surface area contributed by atoms with Crippen molar-refractivity contribution >= 4 is 29.0 Å². The first-order valence-electron chi connectivity index (χ1n) is 6.32. The van der Waals surface area contributed by atoms with Crippen LogP contribution in [0.25, 0.3) is 0 Å². The van der Waals surface area contributed by atoms with Crippen molar-refractivity contribution in [2.45, 2.75) is 6.92 Å². The highest BCUT2D eigenvalue weighted by molar-refractivity contribution is 6.37. The number of esters is 1. The fourth-order valence-corrected chi connectivity index (χ4v) is 1.82. The van der Waals surface area contributed by atoms with E-state index in [0.717, 1.165) is 6.07 Å². The molecule has 0 N–H and O–H groups in total. The molecule has 22 heavy (non-hydrogen) atoms. The summed E-state index contributed by atoms with van der Waals surface area (Å²) in [5.41, 5.74) is -0.674. The zero-order chi connectivity index (χ0) is 16.9. The monoisotopic (exact) mass is 326 g/mol. The van der Waals surface area contributed by atoms with Crippen LogP contribution < -0.4 is 0 Å². The molecule has 0 amide bonds. The van der Waals surface area contributed by atoms with E-state index < -0.39 is 16.7 Å². The summed E-state index contributed by atoms with van der Waals surface area (Å²) in [5.74, 6) is -1.55. The average Bonchev–Trinajstić information content (AvgIpc) is 2.44. The summed E-state index contributed by atoms with van der Waals surface area (Å²) in [6, 6.07) is 3.46. The van der Waals surface area contributed by atoms with E-state index in [2.05, 4.69) is 0 Å². The molecule has 1 rings (SSSR count). The second-order valence-corrected chi connectivity index (χ2v) is 4.88. The van der Waals surface area contributed by atoms with Crippen molar-refractivity contribution in [3.8, 4) is 0 Å². The smallest absolute Gasteiger partial charge is 0.343 e. The van der Waals surface area contributed by atoms with Crippen LogP contribution in [0.15, 0.2) is 30.0 Å². The summed E-state index contributed by atoms with van der Waals surface area (Å²) in [6.45, 7) is 1.70. The van der Waals surface area contributed by atoms with Crippen molar-refractivity contribution in [1.82, 2.24) is 4.90 Å². The molecular weight excluding hydrogens is 312 g/mol. The first-order chi connectivity index (χ1) is 10.3. The number of nitro groups is 1. The topological polar surface area (TPSA) is 89.8 Å². The fourth-order valence-electron chi connectivity index (χ4n) is 1.62. The number of nitro benzene ring substituents is 1. The van der Waals surface area contributed by atoms with Gasteiger partial charge in [0.2, 0.25) is 5.78 Å². The first-order valence-corrected chi connectivity index (χ1v) is 6.69. The minimum Gasteiger partial charge on any atom is -0.462 e. The third kappa shape index (κ3) is 4.29. The summed E-state index contributed by atoms with van der Waals surface area (Å²) >= 11 is 5.92. The van der Waals surface area contributed by atoms with Gasteiger partial charge in [0.05, 0.1) is 16.6 Å². The molecule has 8 heteroatoms. The predicted octanol–water partition coefficient (Wildman–Crippen LogP) is 2.44. The summed E-state index contributed by atoms with van der Waals surface area (Å²) in [7, 11) is 3.25. The van der Waals surface area contributed by atoms with Gasteiger partial charge in [0.25, 0.3) is 5.69 Å². The van der Waals surface area contributed by atoms with Crippen molar-refractivity contribution in [2.24, 2.45) is 0 Å². The fraction of sp³-hybridized carbons (Fsp3) is 0.286. The molecule has 1 aromatic carbocycles. The molecule has 118 valence electrons. The predicted molar refractivity (Wildman–Crippen MR) is 80.8 cm³/mol. The van der Waals surface area contributed by atoms with Crippen LogP contribution >= 0.6 is 11.6 Å². The molecule has 0 radical (unpaired) electrons. The maximum Gasteiger partial charge on any atom is 0.343 e. The lowest BCUT2D eigenvalue weighted by atomic mass is 10.0. The number of nitrogens with zero attached hydrogens (tertiary/aromatic N) is 2. The van der Waals surface area contributed by atoms with Crippen molar-refractivity contribution in [2.75, 3.05) is 20.7 Å². The molecule has 0 saturated heterocycles. The number of non-ortho nitro benzene ring substituents is 1. The lowest BCUT2D eigenvalue weighted by Crippen LogP contribution is -2.19. The second kappa shape index (κ2) is 7.56. The third-order valence-electron chi connectivity index (χ3n) is 2.53. The first kappa shape index (κ1) is 17.6. The van der Waals surface area contributed by atoms with Crippen LogP contribution in [-0.4, -0.2) is 42.3 Å². The zero-order valence-corrected chi connectivity index (χ0v) is 13.1. The minimum atomic E-state index is -0.816. The number of halogens is 1. The Balaban J connectivity index is 3.33. The van der Waals surface area contributed by atoms with Crippen LogP contribution in [0.4, 0.5) is 5.69 Å². The number of carbonyl (C=O) groups is 2. The van der Waals surface area contributed by atoms with Gasteiger partial charge in [-0.05, 0) is 13.0 Å². The number of carbonyl (C=O) groups excluding carboxylic acids is 2. The van der Waals surface area contributed by atoms with Gasteiger partial charge in [-0.15, -0.1) is 0 Å². The van der Waals surface area contributed by atoms with Crippen LogP contribution in [0.2, 0.25) is 5.02 Å². The lowest BCUT2D eigenvalue weighted by molar-refractivity contribution is -0.384. The molecule has 0 aliphatic rings. The zero-order valence-electron chi connectivity index (χ0n) is 12.3. The van der Waals surface area contributed by atoms with E-state index in [4.69, 9.17) is 16.3 Å². The Morgan fingerprint density at radius 2 is 2.05 bits per heavy atom. The maximum absolute atomic E-state index is 12.5. The van der Waals surface area contributed by atoms with Gasteiger partial charge in [0.1, 0.15) is 5.57 Å². The van der Waals surface area contributed by atoms with Gasteiger partial charge in [0.15, 0.2) is 0 Å². The van der Waals surface area contributed by atoms with Gasteiger partial charge in [-0.2, -0.15) is 0 Å². The van der Waals surface area contributed by atoms with Gasteiger partial charge in [0, 0.05) is 38.0 Å². The molecule has 0 atom stereocenters. The molecule has 1 aromatic rings. The number of Topliss-reactive ketones (excluding diaryl/α,β-unsaturated/α-hetero) is 1. The van der Waals surface area contributed by atoms with E-state index >= 15 is 0 Å². The molecule has 0 aromatic heterocycles. The molecule has 0 saturated carbocycles. The van der Waals surface area contributed by atoms with Crippen molar-refractivity contribution in [1.29, 1.82) is 0 Å². The Labute approximate surface area is 132 Å². The Morgan fingerprint density at radius 1 is 1.41 bits per heavy atom. The highest BCUT2D eigenvalue weighted by Crippen LogP contribution is 2.25. The van der Waals surface area contributed by atoms with Crippen LogP contribution in [0.1, 0.15) is 17.3 Å². The number of ketones is 1. The third-order valence-corrected chi connectivity index (χ3v) is 2.86. The van der Waals surface area contributed by atoms with Gasteiger partial charge >= 0.3 is 5.97 Å². The minimum absolute atomic E-state index is 0.0181. The van der Waals surface area contributed by atoms with E-state index in [1.54, 1.807) is 21.0 Å². The Hall–Kier alpha value is -2.41. The molecule has 0 unspecified atom stereocenters. The molecule has 7 nitrogen and oxygen atoms in total. The second-order valence-electron chi connectivity index (χ2n) is 4.48. The average molecular weight is 327 g/mol. The summed E-state index contributed by atoms with van der Waals surface area (Å²) < 4.78 is 4.83. The van der Waals surface area contributed by atoms with E-state index in [9.17, 15) is 19.7 Å². The van der Waals surface area contributed by atoms with E-state index in [0.29, 0.717) is 0 Å². The number of rotatable bonds is 6. The van der Waals surface area contributed by atoms with Crippen molar-refractivity contribution in [3.05, 3.63) is 50.7 Å².